The van der Waals surface area contributed by atoms with Crippen molar-refractivity contribution in [2.75, 3.05) is 32.4 Å². The minimum Gasteiger partial charge on any atom is -0.504 e. The van der Waals surface area contributed by atoms with Gasteiger partial charge in [-0.3, -0.25) is 19.5 Å². The molecule has 2 fully saturated rings. The van der Waals surface area contributed by atoms with Crippen LogP contribution in [0.25, 0.3) is 0 Å². The second-order valence-electron chi connectivity index (χ2n) is 7.47. The molecule has 0 bridgehead atoms. The van der Waals surface area contributed by atoms with Gasteiger partial charge >= 0.3 is 0 Å². The molecular weight excluding hydrogens is 418 g/mol. The normalized spacial score (nSPS) is 18.4. The third kappa shape index (κ3) is 6.82. The van der Waals surface area contributed by atoms with Gasteiger partial charge in [0.25, 0.3) is 21.7 Å². The van der Waals surface area contributed by atoms with Gasteiger partial charge in [-0.15, -0.1) is 0 Å². The number of phenols is 2. The summed E-state index contributed by atoms with van der Waals surface area (Å²) in [5.74, 6) is -1.61. The molecular formula is C18H27N3O8S. The molecule has 2 heterocycles. The van der Waals surface area contributed by atoms with Crippen molar-refractivity contribution in [2.24, 2.45) is 0 Å². The van der Waals surface area contributed by atoms with Gasteiger partial charge in [0, 0.05) is 25.2 Å². The maximum Gasteiger partial charge on any atom is 0.286 e. The van der Waals surface area contributed by atoms with Crippen LogP contribution in [0.5, 0.6) is 11.5 Å². The van der Waals surface area contributed by atoms with E-state index in [1.54, 1.807) is 4.90 Å². The van der Waals surface area contributed by atoms with Gasteiger partial charge in [0.1, 0.15) is 5.56 Å². The molecule has 0 aliphatic carbocycles. The van der Waals surface area contributed by atoms with Gasteiger partial charge in [-0.05, 0) is 38.8 Å². The van der Waals surface area contributed by atoms with E-state index in [1.165, 1.54) is 19.3 Å². The SMILES string of the molecule is CS(=O)(=O)O.O=C(c1cc(O)c(O)cc1[N+](=O)[O-])N1CCC(N2CCCCC2)CC1. The highest BCUT2D eigenvalue weighted by atomic mass is 32.2. The summed E-state index contributed by atoms with van der Waals surface area (Å²) >= 11 is 0. The zero-order valence-electron chi connectivity index (χ0n) is 16.7. The Morgan fingerprint density at radius 3 is 2.07 bits per heavy atom. The molecule has 0 saturated carbocycles. The molecule has 168 valence electrons. The van der Waals surface area contributed by atoms with Crippen molar-refractivity contribution in [1.82, 2.24) is 9.80 Å². The maximum atomic E-state index is 12.7. The number of hydrogen-bond acceptors (Lipinski definition) is 8. The Morgan fingerprint density at radius 1 is 1.07 bits per heavy atom. The molecule has 2 aliphatic heterocycles. The van der Waals surface area contributed by atoms with Gasteiger partial charge in [0.05, 0.1) is 17.2 Å². The third-order valence-corrected chi connectivity index (χ3v) is 5.18. The molecule has 2 aliphatic rings. The van der Waals surface area contributed by atoms with Gasteiger partial charge in [-0.2, -0.15) is 8.42 Å². The fraction of sp³-hybridized carbons (Fsp3) is 0.611. The van der Waals surface area contributed by atoms with Crippen molar-refractivity contribution >= 4 is 21.7 Å². The lowest BCUT2D eigenvalue weighted by Crippen LogP contribution is -2.48. The summed E-state index contributed by atoms with van der Waals surface area (Å²) in [6.45, 7) is 3.30. The number of hydrogen-bond donors (Lipinski definition) is 3. The molecule has 3 rings (SSSR count). The first-order chi connectivity index (χ1) is 14.0. The zero-order chi connectivity index (χ0) is 22.5. The van der Waals surface area contributed by atoms with Crippen LogP contribution in [0.15, 0.2) is 12.1 Å². The Labute approximate surface area is 174 Å². The second-order valence-corrected chi connectivity index (χ2v) is 8.93. The third-order valence-electron chi connectivity index (χ3n) is 5.18. The van der Waals surface area contributed by atoms with Gasteiger partial charge in [-0.1, -0.05) is 6.42 Å². The van der Waals surface area contributed by atoms with Crippen molar-refractivity contribution in [3.05, 3.63) is 27.8 Å². The summed E-state index contributed by atoms with van der Waals surface area (Å²) in [4.78, 5) is 27.2. The zero-order valence-corrected chi connectivity index (χ0v) is 17.5. The highest BCUT2D eigenvalue weighted by Gasteiger charge is 2.31. The van der Waals surface area contributed by atoms with Crippen LogP contribution in [-0.4, -0.2) is 82.3 Å². The summed E-state index contributed by atoms with van der Waals surface area (Å²) in [6, 6.07) is 2.27. The number of carbonyl (C=O) groups is 1. The van der Waals surface area contributed by atoms with Crippen LogP contribution in [-0.2, 0) is 10.1 Å². The fourth-order valence-corrected chi connectivity index (χ4v) is 3.78. The fourth-order valence-electron chi connectivity index (χ4n) is 3.78. The topological polar surface area (TPSA) is 162 Å². The molecule has 0 atom stereocenters. The van der Waals surface area contributed by atoms with E-state index >= 15 is 0 Å². The number of amides is 1. The number of aromatic hydroxyl groups is 2. The van der Waals surface area contributed by atoms with E-state index in [2.05, 4.69) is 4.90 Å². The van der Waals surface area contributed by atoms with E-state index in [9.17, 15) is 33.5 Å². The highest BCUT2D eigenvalue weighted by molar-refractivity contribution is 7.85. The molecule has 1 aromatic rings. The van der Waals surface area contributed by atoms with E-state index in [0.29, 0.717) is 25.4 Å². The van der Waals surface area contributed by atoms with Crippen molar-refractivity contribution < 1.29 is 32.9 Å². The van der Waals surface area contributed by atoms with Crippen LogP contribution in [0.2, 0.25) is 0 Å². The predicted molar refractivity (Wildman–Crippen MR) is 108 cm³/mol. The molecule has 1 amide bonds. The van der Waals surface area contributed by atoms with E-state index < -0.39 is 38.1 Å². The lowest BCUT2D eigenvalue weighted by atomic mass is 9.99. The number of nitrogens with zero attached hydrogens (tertiary/aromatic N) is 3. The first-order valence-corrected chi connectivity index (χ1v) is 11.5. The number of nitro benzene ring substituents is 1. The van der Waals surface area contributed by atoms with E-state index in [4.69, 9.17) is 4.55 Å². The number of nitro groups is 1. The molecule has 0 spiro atoms. The molecule has 11 nitrogen and oxygen atoms in total. The number of likely N-dealkylation sites (tertiary alicyclic amines) is 2. The van der Waals surface area contributed by atoms with Crippen LogP contribution < -0.4 is 0 Å². The van der Waals surface area contributed by atoms with Crippen LogP contribution in [0.4, 0.5) is 5.69 Å². The van der Waals surface area contributed by atoms with Crippen LogP contribution in [0.3, 0.4) is 0 Å². The molecule has 12 heteroatoms. The molecule has 1 aromatic carbocycles. The lowest BCUT2D eigenvalue weighted by Gasteiger charge is -2.40. The Morgan fingerprint density at radius 2 is 1.57 bits per heavy atom. The average molecular weight is 445 g/mol. The summed E-state index contributed by atoms with van der Waals surface area (Å²) in [5.41, 5.74) is -0.671. The Balaban J connectivity index is 0.000000575. The Hall–Kier alpha value is -2.44. The van der Waals surface area contributed by atoms with Crippen molar-refractivity contribution in [3.8, 4) is 11.5 Å². The Kier molecular flexibility index (Phi) is 7.98. The smallest absolute Gasteiger partial charge is 0.286 e. The summed E-state index contributed by atoms with van der Waals surface area (Å²) in [7, 11) is -3.67. The summed E-state index contributed by atoms with van der Waals surface area (Å²) in [5, 5.41) is 30.2. The minimum absolute atomic E-state index is 0.184. The second kappa shape index (κ2) is 10.0. The van der Waals surface area contributed by atoms with Gasteiger partial charge < -0.3 is 20.0 Å². The largest absolute Gasteiger partial charge is 0.504 e. The van der Waals surface area contributed by atoms with Crippen molar-refractivity contribution in [2.45, 2.75) is 38.1 Å². The van der Waals surface area contributed by atoms with Crippen LogP contribution in [0, 0.1) is 10.1 Å². The van der Waals surface area contributed by atoms with Crippen molar-refractivity contribution in [1.29, 1.82) is 0 Å². The number of carbonyl (C=O) groups excluding carboxylic acids is 1. The van der Waals surface area contributed by atoms with Crippen LogP contribution in [0.1, 0.15) is 42.5 Å². The van der Waals surface area contributed by atoms with Crippen LogP contribution >= 0.6 is 0 Å². The quantitative estimate of drug-likeness (QED) is 0.271. The maximum absolute atomic E-state index is 12.7. The monoisotopic (exact) mass is 445 g/mol. The van der Waals surface area contributed by atoms with E-state index in [0.717, 1.165) is 38.1 Å². The number of rotatable bonds is 3. The van der Waals surface area contributed by atoms with E-state index in [1.807, 2.05) is 0 Å². The number of phenolic OH excluding ortho intramolecular Hbond substituents is 2. The number of benzene rings is 1. The lowest BCUT2D eigenvalue weighted by molar-refractivity contribution is -0.385. The predicted octanol–water partition coefficient (Wildman–Crippen LogP) is 1.60. The summed E-state index contributed by atoms with van der Waals surface area (Å²) in [6.07, 6.45) is 6.14. The van der Waals surface area contributed by atoms with Gasteiger partial charge in [0.15, 0.2) is 11.5 Å². The molecule has 0 aromatic heterocycles. The molecule has 0 unspecified atom stereocenters. The molecule has 3 N–H and O–H groups in total. The van der Waals surface area contributed by atoms with Gasteiger partial charge in [0.2, 0.25) is 0 Å². The Bertz CT molecular complexity index is 868. The van der Waals surface area contributed by atoms with E-state index in [-0.39, 0.29) is 5.56 Å². The first kappa shape index (κ1) is 23.8. The summed E-state index contributed by atoms with van der Waals surface area (Å²) < 4.78 is 25.9. The van der Waals surface area contributed by atoms with Crippen molar-refractivity contribution in [3.63, 3.8) is 0 Å². The number of piperidine rings is 2. The molecule has 0 radical (unpaired) electrons. The first-order valence-electron chi connectivity index (χ1n) is 9.63. The highest BCUT2D eigenvalue weighted by Crippen LogP contribution is 2.34. The molecule has 30 heavy (non-hydrogen) atoms. The average Bonchev–Trinajstić information content (AvgIpc) is 2.68. The van der Waals surface area contributed by atoms with Gasteiger partial charge in [-0.25, -0.2) is 0 Å². The minimum atomic E-state index is -3.67. The molecule has 2 saturated heterocycles. The standard InChI is InChI=1S/C17H23N3O5.CH4O3S/c21-15-10-13(14(20(24)25)11-16(15)22)17(23)19-8-4-12(5-9-19)18-6-2-1-3-7-18;1-5(2,3)4/h10-12,21-22H,1-9H2;1H3,(H,2,3,4).